The summed E-state index contributed by atoms with van der Waals surface area (Å²) >= 11 is 12.2. The molecule has 0 bridgehead atoms. The third-order valence-corrected chi connectivity index (χ3v) is 7.26. The molecule has 1 unspecified atom stereocenters. The van der Waals surface area contributed by atoms with E-state index in [0.29, 0.717) is 61.9 Å². The molecule has 10 nitrogen and oxygen atoms in total. The number of carboxylic acid groups (broad SMARTS) is 1. The Kier molecular flexibility index (Phi) is 5.39. The molecule has 5 rings (SSSR count). The van der Waals surface area contributed by atoms with Crippen LogP contribution >= 0.6 is 23.2 Å². The minimum atomic E-state index is -1.09. The van der Waals surface area contributed by atoms with E-state index >= 15 is 0 Å². The van der Waals surface area contributed by atoms with Crippen LogP contribution in [0.15, 0.2) is 6.07 Å². The fourth-order valence-corrected chi connectivity index (χ4v) is 4.89. The van der Waals surface area contributed by atoms with E-state index < -0.39 is 5.97 Å². The van der Waals surface area contributed by atoms with Gasteiger partial charge in [-0.25, -0.2) is 9.78 Å². The maximum atomic E-state index is 12.6. The SMILES string of the molecule is Cc1[nH]c(C(=O)NC2[C@H]3CN(c4cc(C(=O)O)nc(N5CCOCC5)n4)C[C@@H]23)c(Cl)c1Cl. The molecule has 3 aliphatic rings. The number of hydrogen-bond acceptors (Lipinski definition) is 7. The summed E-state index contributed by atoms with van der Waals surface area (Å²) in [6, 6.07) is 1.55. The number of carbonyl (C=O) groups excluding carboxylic acids is 1. The highest BCUT2D eigenvalue weighted by Crippen LogP contribution is 2.47. The molecule has 1 aliphatic carbocycles. The van der Waals surface area contributed by atoms with Crippen LogP contribution in [-0.4, -0.2) is 77.4 Å². The van der Waals surface area contributed by atoms with E-state index in [-0.39, 0.29) is 40.2 Å². The molecule has 12 heteroatoms. The van der Waals surface area contributed by atoms with Gasteiger partial charge >= 0.3 is 5.97 Å². The molecular weight excluding hydrogens is 459 g/mol. The van der Waals surface area contributed by atoms with Gasteiger partial charge in [-0.15, -0.1) is 0 Å². The second-order valence-electron chi connectivity index (χ2n) is 8.30. The zero-order chi connectivity index (χ0) is 22.6. The number of aryl methyl sites for hydroxylation is 1. The number of nitrogens with one attached hydrogen (secondary N) is 2. The number of aromatic amines is 1. The highest BCUT2D eigenvalue weighted by Gasteiger charge is 2.57. The number of aromatic carboxylic acids is 1. The van der Waals surface area contributed by atoms with Crippen LogP contribution in [-0.2, 0) is 4.74 Å². The van der Waals surface area contributed by atoms with Crippen LogP contribution in [0.25, 0.3) is 0 Å². The summed E-state index contributed by atoms with van der Waals surface area (Å²) in [7, 11) is 0. The number of nitrogens with zero attached hydrogens (tertiary/aromatic N) is 4. The number of hydrogen-bond donors (Lipinski definition) is 3. The van der Waals surface area contributed by atoms with Crippen molar-refractivity contribution >= 4 is 46.8 Å². The maximum absolute atomic E-state index is 12.6. The van der Waals surface area contributed by atoms with Gasteiger partial charge in [0.1, 0.15) is 11.5 Å². The summed E-state index contributed by atoms with van der Waals surface area (Å²) < 4.78 is 5.36. The molecule has 3 fully saturated rings. The van der Waals surface area contributed by atoms with Crippen LogP contribution in [0.2, 0.25) is 10.0 Å². The van der Waals surface area contributed by atoms with Gasteiger partial charge < -0.3 is 29.9 Å². The molecule has 0 aromatic carbocycles. The van der Waals surface area contributed by atoms with E-state index in [9.17, 15) is 14.7 Å². The minimum Gasteiger partial charge on any atom is -0.477 e. The summed E-state index contributed by atoms with van der Waals surface area (Å²) in [5, 5.41) is 13.1. The molecule has 2 aromatic rings. The first-order chi connectivity index (χ1) is 15.3. The lowest BCUT2D eigenvalue weighted by molar-refractivity contribution is 0.0690. The van der Waals surface area contributed by atoms with Crippen molar-refractivity contribution in [1.82, 2.24) is 20.3 Å². The molecular formula is C20H22Cl2N6O4. The Hall–Kier alpha value is -2.56. The first-order valence-corrected chi connectivity index (χ1v) is 11.1. The molecule has 2 saturated heterocycles. The van der Waals surface area contributed by atoms with Crippen molar-refractivity contribution in [2.75, 3.05) is 49.2 Å². The van der Waals surface area contributed by atoms with E-state index in [1.54, 1.807) is 6.92 Å². The van der Waals surface area contributed by atoms with Crippen LogP contribution < -0.4 is 15.1 Å². The second kappa shape index (κ2) is 8.09. The molecule has 3 N–H and O–H groups in total. The summed E-state index contributed by atoms with van der Waals surface area (Å²) in [5.74, 6) is 0.155. The van der Waals surface area contributed by atoms with Gasteiger partial charge in [-0.3, -0.25) is 4.79 Å². The van der Waals surface area contributed by atoms with Gasteiger partial charge in [0.05, 0.1) is 23.3 Å². The third kappa shape index (κ3) is 3.76. The van der Waals surface area contributed by atoms with Crippen LogP contribution in [0.4, 0.5) is 11.8 Å². The van der Waals surface area contributed by atoms with Crippen molar-refractivity contribution in [2.24, 2.45) is 11.8 Å². The van der Waals surface area contributed by atoms with E-state index in [4.69, 9.17) is 27.9 Å². The van der Waals surface area contributed by atoms with Crippen molar-refractivity contribution in [2.45, 2.75) is 13.0 Å². The summed E-state index contributed by atoms with van der Waals surface area (Å²) in [4.78, 5) is 40.0. The predicted octanol–water partition coefficient (Wildman–Crippen LogP) is 1.82. The fourth-order valence-electron chi connectivity index (χ4n) is 4.48. The number of amides is 1. The number of fused-ring (bicyclic) bond motifs is 1. The van der Waals surface area contributed by atoms with E-state index in [1.165, 1.54) is 6.07 Å². The van der Waals surface area contributed by atoms with Crippen LogP contribution in [0.3, 0.4) is 0 Å². The Bertz CT molecular complexity index is 1070. The van der Waals surface area contributed by atoms with Gasteiger partial charge in [0.2, 0.25) is 5.95 Å². The van der Waals surface area contributed by atoms with Gasteiger partial charge in [-0.05, 0) is 6.92 Å². The Balaban J connectivity index is 1.27. The number of rotatable bonds is 5. The molecule has 0 radical (unpaired) electrons. The van der Waals surface area contributed by atoms with Crippen LogP contribution in [0.5, 0.6) is 0 Å². The summed E-state index contributed by atoms with van der Waals surface area (Å²) in [5.41, 5.74) is 0.890. The molecule has 2 aromatic heterocycles. The van der Waals surface area contributed by atoms with Crippen LogP contribution in [0.1, 0.15) is 26.7 Å². The van der Waals surface area contributed by atoms with Gasteiger partial charge in [-0.1, -0.05) is 23.2 Å². The molecule has 170 valence electrons. The number of ether oxygens (including phenoxy) is 1. The van der Waals surface area contributed by atoms with Crippen molar-refractivity contribution in [3.8, 4) is 0 Å². The number of carboxylic acids is 1. The monoisotopic (exact) mass is 480 g/mol. The standard InChI is InChI=1S/C20H22Cl2N6O4/c1-9-14(21)15(22)17(23-9)18(29)26-16-10-7-28(8-11(10)16)13-6-12(19(30)31)24-20(25-13)27-2-4-32-5-3-27/h6,10-11,16,23H,2-5,7-8H2,1H3,(H,26,29)(H,30,31)/t10-,11+,16?. The lowest BCUT2D eigenvalue weighted by atomic mass is 10.3. The predicted molar refractivity (Wildman–Crippen MR) is 118 cm³/mol. The maximum Gasteiger partial charge on any atom is 0.354 e. The van der Waals surface area contributed by atoms with Gasteiger partial charge in [0, 0.05) is 55.8 Å². The summed E-state index contributed by atoms with van der Waals surface area (Å²) in [6.07, 6.45) is 0. The highest BCUT2D eigenvalue weighted by atomic mass is 35.5. The van der Waals surface area contributed by atoms with Crippen molar-refractivity contribution < 1.29 is 19.4 Å². The topological polar surface area (TPSA) is 124 Å². The lowest BCUT2D eigenvalue weighted by Crippen LogP contribution is -2.38. The number of anilines is 2. The average molecular weight is 481 g/mol. The smallest absolute Gasteiger partial charge is 0.354 e. The molecule has 2 aliphatic heterocycles. The van der Waals surface area contributed by atoms with Crippen molar-refractivity contribution in [1.29, 1.82) is 0 Å². The first-order valence-electron chi connectivity index (χ1n) is 10.4. The second-order valence-corrected chi connectivity index (χ2v) is 9.06. The fraction of sp³-hybridized carbons (Fsp3) is 0.500. The Morgan fingerprint density at radius 1 is 1.16 bits per heavy atom. The van der Waals surface area contributed by atoms with E-state index in [0.717, 1.165) is 0 Å². The quantitative estimate of drug-likeness (QED) is 0.591. The Morgan fingerprint density at radius 2 is 1.84 bits per heavy atom. The number of piperidine rings is 1. The number of aromatic nitrogens is 3. The number of carbonyl (C=O) groups is 2. The normalized spacial score (nSPS) is 24.4. The largest absolute Gasteiger partial charge is 0.477 e. The van der Waals surface area contributed by atoms with Crippen molar-refractivity contribution in [3.05, 3.63) is 33.2 Å². The number of morpholine rings is 1. The Labute approximate surface area is 193 Å². The Morgan fingerprint density at radius 3 is 2.44 bits per heavy atom. The van der Waals surface area contributed by atoms with Gasteiger partial charge in [0.25, 0.3) is 5.91 Å². The molecule has 1 amide bonds. The lowest BCUT2D eigenvalue weighted by Gasteiger charge is -2.28. The average Bonchev–Trinajstić information content (AvgIpc) is 3.11. The molecule has 1 saturated carbocycles. The van der Waals surface area contributed by atoms with Crippen LogP contribution in [0, 0.1) is 18.8 Å². The van der Waals surface area contributed by atoms with E-state index in [2.05, 4.69) is 25.2 Å². The zero-order valence-electron chi connectivity index (χ0n) is 17.3. The number of halogens is 2. The summed E-state index contributed by atoms with van der Waals surface area (Å²) in [6.45, 7) is 5.45. The highest BCUT2D eigenvalue weighted by molar-refractivity contribution is 6.44. The molecule has 4 heterocycles. The molecule has 32 heavy (non-hydrogen) atoms. The third-order valence-electron chi connectivity index (χ3n) is 6.31. The minimum absolute atomic E-state index is 0.0319. The molecule has 3 atom stereocenters. The zero-order valence-corrected chi connectivity index (χ0v) is 18.8. The van der Waals surface area contributed by atoms with Gasteiger partial charge in [-0.2, -0.15) is 4.98 Å². The first kappa shape index (κ1) is 21.3. The molecule has 0 spiro atoms. The number of H-pyrrole nitrogens is 1. The van der Waals surface area contributed by atoms with E-state index in [1.807, 2.05) is 4.90 Å². The van der Waals surface area contributed by atoms with Crippen molar-refractivity contribution in [3.63, 3.8) is 0 Å². The van der Waals surface area contributed by atoms with Gasteiger partial charge in [0.15, 0.2) is 5.69 Å².